The summed E-state index contributed by atoms with van der Waals surface area (Å²) in [7, 11) is 0. The number of nitrogens with zero attached hydrogens (tertiary/aromatic N) is 1. The van der Waals surface area contributed by atoms with Gasteiger partial charge in [0, 0.05) is 32.3 Å². The van der Waals surface area contributed by atoms with Crippen LogP contribution in [0.15, 0.2) is 0 Å². The maximum atomic E-state index is 12.0. The lowest BCUT2D eigenvalue weighted by atomic mass is 9.91. The third-order valence-corrected chi connectivity index (χ3v) is 4.86. The summed E-state index contributed by atoms with van der Waals surface area (Å²) in [6.07, 6.45) is 6.81. The molecule has 2 N–H and O–H groups in total. The highest BCUT2D eigenvalue weighted by molar-refractivity contribution is 5.68. The molecule has 0 aromatic carbocycles. The Morgan fingerprint density at radius 3 is 2.52 bits per heavy atom. The van der Waals surface area contributed by atoms with Gasteiger partial charge in [0.1, 0.15) is 5.60 Å². The fraction of sp³-hybridized carbons (Fsp3) is 0.944. The van der Waals surface area contributed by atoms with Gasteiger partial charge in [0.05, 0.1) is 0 Å². The van der Waals surface area contributed by atoms with Gasteiger partial charge < -0.3 is 20.1 Å². The maximum Gasteiger partial charge on any atom is 0.407 e. The molecule has 0 bridgehead atoms. The number of aliphatic hydroxyl groups excluding tert-OH is 1. The summed E-state index contributed by atoms with van der Waals surface area (Å²) in [5.41, 5.74) is -0.465. The van der Waals surface area contributed by atoms with E-state index >= 15 is 0 Å². The minimum atomic E-state index is -0.465. The number of likely N-dealkylation sites (tertiary alicyclic amines) is 1. The highest BCUT2D eigenvalue weighted by Gasteiger charge is 2.30. The zero-order chi connectivity index (χ0) is 16.9. The van der Waals surface area contributed by atoms with Crippen molar-refractivity contribution in [3.63, 3.8) is 0 Å². The third kappa shape index (κ3) is 6.68. The van der Waals surface area contributed by atoms with E-state index in [1.807, 2.05) is 20.8 Å². The first-order valence-electron chi connectivity index (χ1n) is 9.18. The predicted octanol–water partition coefficient (Wildman–Crippen LogP) is 2.77. The molecule has 1 aliphatic heterocycles. The van der Waals surface area contributed by atoms with Crippen LogP contribution >= 0.6 is 0 Å². The number of carbonyl (C=O) groups excluding carboxylic acids is 1. The number of nitrogens with one attached hydrogen (secondary N) is 1. The van der Waals surface area contributed by atoms with Crippen molar-refractivity contribution < 1.29 is 14.6 Å². The molecule has 1 saturated carbocycles. The predicted molar refractivity (Wildman–Crippen MR) is 91.4 cm³/mol. The molecule has 1 heterocycles. The number of hydrogen-bond donors (Lipinski definition) is 2. The van der Waals surface area contributed by atoms with Crippen LogP contribution in [0.25, 0.3) is 0 Å². The third-order valence-electron chi connectivity index (χ3n) is 4.86. The van der Waals surface area contributed by atoms with Gasteiger partial charge in [0.15, 0.2) is 0 Å². The number of aliphatic hydroxyl groups is 1. The normalized spacial score (nSPS) is 27.1. The van der Waals surface area contributed by atoms with Gasteiger partial charge in [0.2, 0.25) is 0 Å². The molecule has 1 saturated heterocycles. The lowest BCUT2D eigenvalue weighted by Crippen LogP contribution is -2.52. The highest BCUT2D eigenvalue weighted by atomic mass is 16.6. The standard InChI is InChI=1S/C18H34N2O3/c1-18(2,3)23-17(22)19-16-10-15(8-9-21)12-20(13-16)11-14-6-4-5-7-14/h14-16,21H,4-13H2,1-3H3,(H,19,22). The summed E-state index contributed by atoms with van der Waals surface area (Å²) in [6.45, 7) is 8.95. The van der Waals surface area contributed by atoms with E-state index in [-0.39, 0.29) is 18.7 Å². The van der Waals surface area contributed by atoms with Crippen molar-refractivity contribution in [3.8, 4) is 0 Å². The molecule has 2 atom stereocenters. The average Bonchev–Trinajstić information content (AvgIpc) is 2.89. The number of piperidine rings is 1. The summed E-state index contributed by atoms with van der Waals surface area (Å²) >= 11 is 0. The lowest BCUT2D eigenvalue weighted by molar-refractivity contribution is 0.0429. The summed E-state index contributed by atoms with van der Waals surface area (Å²) in [5, 5.41) is 12.3. The zero-order valence-electron chi connectivity index (χ0n) is 15.0. The molecule has 2 fully saturated rings. The fourth-order valence-corrected chi connectivity index (χ4v) is 3.98. The zero-order valence-corrected chi connectivity index (χ0v) is 15.0. The Morgan fingerprint density at radius 1 is 1.22 bits per heavy atom. The van der Waals surface area contributed by atoms with Crippen LogP contribution in [0.1, 0.15) is 59.3 Å². The SMILES string of the molecule is CC(C)(C)OC(=O)NC1CC(CCO)CN(CC2CCCC2)C1. The van der Waals surface area contributed by atoms with Gasteiger partial charge >= 0.3 is 6.09 Å². The average molecular weight is 326 g/mol. The molecule has 5 heteroatoms. The first kappa shape index (κ1) is 18.5. The van der Waals surface area contributed by atoms with Crippen LogP contribution in [-0.2, 0) is 4.74 Å². The Labute approximate surface area is 140 Å². The van der Waals surface area contributed by atoms with Crippen molar-refractivity contribution in [1.29, 1.82) is 0 Å². The molecule has 2 rings (SSSR count). The second-order valence-electron chi connectivity index (χ2n) is 8.33. The van der Waals surface area contributed by atoms with E-state index in [9.17, 15) is 9.90 Å². The summed E-state index contributed by atoms with van der Waals surface area (Å²) in [6, 6.07) is 0.122. The Bertz CT molecular complexity index is 375. The molecule has 134 valence electrons. The summed E-state index contributed by atoms with van der Waals surface area (Å²) in [5.74, 6) is 1.26. The second kappa shape index (κ2) is 8.34. The van der Waals surface area contributed by atoms with Crippen molar-refractivity contribution in [2.24, 2.45) is 11.8 Å². The molecule has 5 nitrogen and oxygen atoms in total. The van der Waals surface area contributed by atoms with Gasteiger partial charge in [-0.1, -0.05) is 12.8 Å². The Morgan fingerprint density at radius 2 is 1.91 bits per heavy atom. The van der Waals surface area contributed by atoms with Crippen molar-refractivity contribution in [1.82, 2.24) is 10.2 Å². The largest absolute Gasteiger partial charge is 0.444 e. The quantitative estimate of drug-likeness (QED) is 0.815. The Kier molecular flexibility index (Phi) is 6.72. The summed E-state index contributed by atoms with van der Waals surface area (Å²) in [4.78, 5) is 14.5. The van der Waals surface area contributed by atoms with Crippen molar-refractivity contribution >= 4 is 6.09 Å². The number of alkyl carbamates (subject to hydrolysis) is 1. The molecule has 2 aliphatic rings. The molecule has 1 amide bonds. The summed E-state index contributed by atoms with van der Waals surface area (Å²) < 4.78 is 5.39. The number of carbonyl (C=O) groups is 1. The lowest BCUT2D eigenvalue weighted by Gasteiger charge is -2.39. The van der Waals surface area contributed by atoms with E-state index in [2.05, 4.69) is 10.2 Å². The number of ether oxygens (including phenoxy) is 1. The van der Waals surface area contributed by atoms with Crippen molar-refractivity contribution in [2.75, 3.05) is 26.2 Å². The van der Waals surface area contributed by atoms with Gasteiger partial charge in [-0.05, 0) is 58.3 Å². The Balaban J connectivity index is 1.87. The van der Waals surface area contributed by atoms with Crippen molar-refractivity contribution in [3.05, 3.63) is 0 Å². The molecule has 0 aromatic heterocycles. The van der Waals surface area contributed by atoms with Gasteiger partial charge in [-0.25, -0.2) is 4.79 Å². The van der Waals surface area contributed by atoms with E-state index in [1.165, 1.54) is 25.7 Å². The van der Waals surface area contributed by atoms with Crippen LogP contribution in [-0.4, -0.2) is 54.0 Å². The second-order valence-corrected chi connectivity index (χ2v) is 8.33. The van der Waals surface area contributed by atoms with E-state index in [1.54, 1.807) is 0 Å². The first-order chi connectivity index (χ1) is 10.9. The number of hydrogen-bond acceptors (Lipinski definition) is 4. The minimum absolute atomic E-state index is 0.122. The van der Waals surface area contributed by atoms with Gasteiger partial charge in [-0.3, -0.25) is 0 Å². The van der Waals surface area contributed by atoms with Crippen LogP contribution in [0.4, 0.5) is 4.79 Å². The van der Waals surface area contributed by atoms with E-state index in [4.69, 9.17) is 4.74 Å². The minimum Gasteiger partial charge on any atom is -0.444 e. The molecule has 0 spiro atoms. The molecule has 2 unspecified atom stereocenters. The van der Waals surface area contributed by atoms with Crippen LogP contribution in [0, 0.1) is 11.8 Å². The maximum absolute atomic E-state index is 12.0. The molecule has 0 aromatic rings. The van der Waals surface area contributed by atoms with Crippen LogP contribution in [0.5, 0.6) is 0 Å². The Hall–Kier alpha value is -0.810. The van der Waals surface area contributed by atoms with Crippen LogP contribution in [0.3, 0.4) is 0 Å². The van der Waals surface area contributed by atoms with Gasteiger partial charge in [-0.15, -0.1) is 0 Å². The van der Waals surface area contributed by atoms with Crippen molar-refractivity contribution in [2.45, 2.75) is 70.9 Å². The topological polar surface area (TPSA) is 61.8 Å². The van der Waals surface area contributed by atoms with E-state index in [0.717, 1.165) is 38.4 Å². The molecule has 0 radical (unpaired) electrons. The highest BCUT2D eigenvalue weighted by Crippen LogP contribution is 2.28. The van der Waals surface area contributed by atoms with Gasteiger partial charge in [0.25, 0.3) is 0 Å². The smallest absolute Gasteiger partial charge is 0.407 e. The number of amides is 1. The van der Waals surface area contributed by atoms with Gasteiger partial charge in [-0.2, -0.15) is 0 Å². The molecule has 23 heavy (non-hydrogen) atoms. The molecular weight excluding hydrogens is 292 g/mol. The number of rotatable bonds is 5. The van der Waals surface area contributed by atoms with Crippen LogP contribution in [0.2, 0.25) is 0 Å². The monoisotopic (exact) mass is 326 g/mol. The van der Waals surface area contributed by atoms with Crippen LogP contribution < -0.4 is 5.32 Å². The van der Waals surface area contributed by atoms with E-state index < -0.39 is 5.60 Å². The van der Waals surface area contributed by atoms with E-state index in [0.29, 0.717) is 5.92 Å². The molecule has 1 aliphatic carbocycles. The molecular formula is C18H34N2O3. The first-order valence-corrected chi connectivity index (χ1v) is 9.18. The fourth-order valence-electron chi connectivity index (χ4n) is 3.98.